The highest BCUT2D eigenvalue weighted by Crippen LogP contribution is 2.41. The van der Waals surface area contributed by atoms with Crippen LogP contribution in [0.5, 0.6) is 5.75 Å². The van der Waals surface area contributed by atoms with E-state index >= 15 is 0 Å². The summed E-state index contributed by atoms with van der Waals surface area (Å²) in [6.07, 6.45) is -3.02. The molecule has 0 aromatic heterocycles. The van der Waals surface area contributed by atoms with Crippen molar-refractivity contribution in [2.24, 2.45) is 16.9 Å². The van der Waals surface area contributed by atoms with Gasteiger partial charge in [0.25, 0.3) is 0 Å². The van der Waals surface area contributed by atoms with Crippen LogP contribution in [-0.4, -0.2) is 60.1 Å². The first-order valence-electron chi connectivity index (χ1n) is 15.3. The summed E-state index contributed by atoms with van der Waals surface area (Å²) in [7, 11) is 1.51. The minimum Gasteiger partial charge on any atom is -0.497 e. The largest absolute Gasteiger partial charge is 0.497 e. The van der Waals surface area contributed by atoms with Gasteiger partial charge in [-0.1, -0.05) is 50.3 Å². The van der Waals surface area contributed by atoms with E-state index in [1.54, 1.807) is 29.2 Å². The number of methoxy groups -OCH3 is 1. The maximum Gasteiger partial charge on any atom is 0.416 e. The van der Waals surface area contributed by atoms with Crippen LogP contribution in [0, 0.1) is 5.41 Å². The van der Waals surface area contributed by atoms with Gasteiger partial charge in [0.15, 0.2) is 0 Å². The van der Waals surface area contributed by atoms with E-state index in [0.717, 1.165) is 6.07 Å². The number of hydrogen-bond donors (Lipinski definition) is 4. The standard InChI is InChI=1S/C34H43F3N4O5/c1-4-13-41(14-5-2)31(44)25-16-24(30(39)43)18-33(19-25,32(45)40-21-22-9-8-11-26(15-22)46-3)20-29(42)28(38)17-23-10-6-7-12-27(23)34(35,36)37/h6-12,15-16,18,28-29,42H,4-5,13-14,17,19-21,38H2,1-3H3,(H2,39,43)(H,40,45)/t28-,29+,33?/m0/s1. The summed E-state index contributed by atoms with van der Waals surface area (Å²) in [5.74, 6) is -1.31. The molecule has 0 spiro atoms. The van der Waals surface area contributed by atoms with Crippen molar-refractivity contribution in [3.63, 3.8) is 0 Å². The summed E-state index contributed by atoms with van der Waals surface area (Å²) < 4.78 is 46.3. The minimum absolute atomic E-state index is 0.0451. The number of hydrogen-bond acceptors (Lipinski definition) is 6. The number of aliphatic hydroxyl groups excluding tert-OH is 1. The second-order valence-electron chi connectivity index (χ2n) is 11.6. The quantitative estimate of drug-likeness (QED) is 0.230. The summed E-state index contributed by atoms with van der Waals surface area (Å²) in [6.45, 7) is 4.78. The molecule has 0 saturated heterocycles. The first-order chi connectivity index (χ1) is 21.7. The molecule has 1 unspecified atom stereocenters. The van der Waals surface area contributed by atoms with Crippen LogP contribution in [0.2, 0.25) is 0 Å². The van der Waals surface area contributed by atoms with Gasteiger partial charge in [0.05, 0.1) is 24.2 Å². The molecule has 0 fully saturated rings. The Labute approximate surface area is 267 Å². The number of carbonyl (C=O) groups is 3. The van der Waals surface area contributed by atoms with Gasteiger partial charge in [0.1, 0.15) is 5.75 Å². The molecule has 3 atom stereocenters. The normalized spacial score (nSPS) is 17.7. The number of nitrogens with two attached hydrogens (primary N) is 2. The van der Waals surface area contributed by atoms with E-state index in [2.05, 4.69) is 5.32 Å². The van der Waals surface area contributed by atoms with Crippen molar-refractivity contribution >= 4 is 17.7 Å². The minimum atomic E-state index is -4.63. The van der Waals surface area contributed by atoms with E-state index in [0.29, 0.717) is 37.2 Å². The van der Waals surface area contributed by atoms with Crippen molar-refractivity contribution < 1.29 is 37.4 Å². The molecule has 3 rings (SSSR count). The van der Waals surface area contributed by atoms with Crippen LogP contribution in [0.3, 0.4) is 0 Å². The van der Waals surface area contributed by atoms with Crippen LogP contribution >= 0.6 is 0 Å². The number of carbonyl (C=O) groups excluding carboxylic acids is 3. The number of halogens is 3. The Balaban J connectivity index is 2.01. The van der Waals surface area contributed by atoms with Gasteiger partial charge in [-0.05, 0) is 67.5 Å². The predicted molar refractivity (Wildman–Crippen MR) is 168 cm³/mol. The van der Waals surface area contributed by atoms with E-state index < -0.39 is 47.5 Å². The lowest BCUT2D eigenvalue weighted by Gasteiger charge is -2.37. The van der Waals surface area contributed by atoms with E-state index in [9.17, 15) is 32.7 Å². The molecule has 0 bridgehead atoms. The second-order valence-corrected chi connectivity index (χ2v) is 11.6. The second kappa shape index (κ2) is 15.9. The van der Waals surface area contributed by atoms with Crippen molar-refractivity contribution in [2.75, 3.05) is 20.2 Å². The van der Waals surface area contributed by atoms with Crippen LogP contribution in [0.1, 0.15) is 56.2 Å². The van der Waals surface area contributed by atoms with Crippen LogP contribution in [0.15, 0.2) is 71.8 Å². The fourth-order valence-corrected chi connectivity index (χ4v) is 5.71. The molecule has 2 aromatic rings. The maximum absolute atomic E-state index is 14.1. The number of benzene rings is 2. The summed E-state index contributed by atoms with van der Waals surface area (Å²) >= 11 is 0. The Morgan fingerprint density at radius 3 is 2.37 bits per heavy atom. The molecule has 1 aliphatic rings. The third kappa shape index (κ3) is 9.20. The van der Waals surface area contributed by atoms with Gasteiger partial charge in [0, 0.05) is 36.8 Å². The molecule has 250 valence electrons. The summed E-state index contributed by atoms with van der Waals surface area (Å²) in [5.41, 5.74) is 10.0. The number of alkyl halides is 3. The Morgan fingerprint density at radius 1 is 1.09 bits per heavy atom. The van der Waals surface area contributed by atoms with Gasteiger partial charge in [-0.25, -0.2) is 0 Å². The molecule has 0 saturated carbocycles. The average molecular weight is 645 g/mol. The van der Waals surface area contributed by atoms with Gasteiger partial charge in [-0.15, -0.1) is 0 Å². The number of ether oxygens (including phenoxy) is 1. The first kappa shape index (κ1) is 36.3. The van der Waals surface area contributed by atoms with Gasteiger partial charge in [0.2, 0.25) is 17.7 Å². The molecule has 12 heteroatoms. The van der Waals surface area contributed by atoms with Gasteiger partial charge >= 0.3 is 6.18 Å². The zero-order valence-electron chi connectivity index (χ0n) is 26.4. The lowest BCUT2D eigenvalue weighted by molar-refractivity contribution is -0.138. The molecule has 0 heterocycles. The topological polar surface area (TPSA) is 148 Å². The molecule has 1 aliphatic carbocycles. The summed E-state index contributed by atoms with van der Waals surface area (Å²) in [6, 6.07) is 10.7. The van der Waals surface area contributed by atoms with Crippen LogP contribution < -0.4 is 21.5 Å². The van der Waals surface area contributed by atoms with Gasteiger partial charge in [-0.2, -0.15) is 13.2 Å². The molecule has 0 radical (unpaired) electrons. The highest BCUT2D eigenvalue weighted by molar-refractivity contribution is 6.03. The fourth-order valence-electron chi connectivity index (χ4n) is 5.71. The fraction of sp³-hybridized carbons (Fsp3) is 0.441. The lowest BCUT2D eigenvalue weighted by Crippen LogP contribution is -2.48. The third-order valence-corrected chi connectivity index (χ3v) is 7.99. The first-order valence-corrected chi connectivity index (χ1v) is 15.3. The Bertz CT molecular complexity index is 1450. The SMILES string of the molecule is CCCN(CCC)C(=O)C1=CC(C(N)=O)=CC(C[C@@H](O)[C@@H](N)Cc2ccccc2C(F)(F)F)(C(=O)NCc2cccc(OC)c2)C1. The highest BCUT2D eigenvalue weighted by atomic mass is 19.4. The van der Waals surface area contributed by atoms with Crippen molar-refractivity contribution in [2.45, 2.75) is 70.8 Å². The van der Waals surface area contributed by atoms with Crippen molar-refractivity contribution in [3.05, 3.63) is 88.5 Å². The van der Waals surface area contributed by atoms with E-state index in [-0.39, 0.29) is 42.0 Å². The summed E-state index contributed by atoms with van der Waals surface area (Å²) in [4.78, 5) is 42.0. The average Bonchev–Trinajstić information content (AvgIpc) is 3.02. The molecular weight excluding hydrogens is 601 g/mol. The Morgan fingerprint density at radius 2 is 1.76 bits per heavy atom. The molecule has 3 amide bonds. The zero-order chi connectivity index (χ0) is 34.1. The Kier molecular flexibility index (Phi) is 12.6. The number of aliphatic hydroxyl groups is 1. The highest BCUT2D eigenvalue weighted by Gasteiger charge is 2.44. The zero-order valence-corrected chi connectivity index (χ0v) is 26.4. The summed E-state index contributed by atoms with van der Waals surface area (Å²) in [5, 5.41) is 14.2. The van der Waals surface area contributed by atoms with Gasteiger partial charge in [-0.3, -0.25) is 14.4 Å². The number of primary amides is 1. The monoisotopic (exact) mass is 644 g/mol. The number of amides is 3. The van der Waals surface area contributed by atoms with Gasteiger partial charge < -0.3 is 31.5 Å². The number of nitrogens with one attached hydrogen (secondary N) is 1. The number of rotatable bonds is 15. The van der Waals surface area contributed by atoms with Crippen molar-refractivity contribution in [3.8, 4) is 5.75 Å². The molecule has 46 heavy (non-hydrogen) atoms. The third-order valence-electron chi connectivity index (χ3n) is 7.99. The van der Waals surface area contributed by atoms with Crippen molar-refractivity contribution in [1.29, 1.82) is 0 Å². The predicted octanol–water partition coefficient (Wildman–Crippen LogP) is 4.03. The molecular formula is C34H43F3N4O5. The lowest BCUT2D eigenvalue weighted by atomic mass is 9.70. The maximum atomic E-state index is 14.1. The van der Waals surface area contributed by atoms with E-state index in [1.165, 1.54) is 37.5 Å². The van der Waals surface area contributed by atoms with E-state index in [4.69, 9.17) is 16.2 Å². The van der Waals surface area contributed by atoms with E-state index in [1.807, 2.05) is 13.8 Å². The van der Waals surface area contributed by atoms with Crippen LogP contribution in [0.4, 0.5) is 13.2 Å². The smallest absolute Gasteiger partial charge is 0.416 e. The van der Waals surface area contributed by atoms with Crippen LogP contribution in [0.25, 0.3) is 0 Å². The Hall–Kier alpha value is -4.16. The molecule has 0 aliphatic heterocycles. The molecule has 9 nitrogen and oxygen atoms in total. The molecule has 2 aromatic carbocycles. The number of nitrogens with zero attached hydrogens (tertiary/aromatic N) is 1. The molecule has 6 N–H and O–H groups in total. The van der Waals surface area contributed by atoms with Crippen LogP contribution in [-0.2, 0) is 33.5 Å². The van der Waals surface area contributed by atoms with Crippen molar-refractivity contribution in [1.82, 2.24) is 10.2 Å².